The molecule has 0 aromatic heterocycles. The third kappa shape index (κ3) is 3.78. The Hall–Kier alpha value is -0.380. The Morgan fingerprint density at radius 3 is 2.93 bits per heavy atom. The lowest BCUT2D eigenvalue weighted by atomic mass is 10.1. The highest BCUT2D eigenvalue weighted by molar-refractivity contribution is 9.10. The molecule has 0 unspecified atom stereocenters. The highest BCUT2D eigenvalue weighted by Gasteiger charge is 1.98. The van der Waals surface area contributed by atoms with E-state index in [9.17, 15) is 0 Å². The van der Waals surface area contributed by atoms with Crippen LogP contribution in [0.15, 0.2) is 22.7 Å². The zero-order valence-corrected chi connectivity index (χ0v) is 10.2. The van der Waals surface area contributed by atoms with Gasteiger partial charge in [0.2, 0.25) is 0 Å². The third-order valence-corrected chi connectivity index (χ3v) is 2.60. The standard InChI is InChI=1S/C11H16BrNO/c1-9-3-4-11(12)7-10(9)8-13-5-6-14-2/h3-4,7,13H,5-6,8H2,1-2H3. The largest absolute Gasteiger partial charge is 0.383 e. The highest BCUT2D eigenvalue weighted by atomic mass is 79.9. The zero-order valence-electron chi connectivity index (χ0n) is 8.64. The van der Waals surface area contributed by atoms with Crippen LogP contribution < -0.4 is 5.32 Å². The van der Waals surface area contributed by atoms with Crippen LogP contribution in [0.1, 0.15) is 11.1 Å². The molecule has 78 valence electrons. The summed E-state index contributed by atoms with van der Waals surface area (Å²) in [4.78, 5) is 0. The fourth-order valence-electron chi connectivity index (χ4n) is 1.23. The Balaban J connectivity index is 2.45. The first-order valence-corrected chi connectivity index (χ1v) is 5.48. The highest BCUT2D eigenvalue weighted by Crippen LogP contribution is 2.15. The normalized spacial score (nSPS) is 10.5. The number of ether oxygens (including phenoxy) is 1. The summed E-state index contributed by atoms with van der Waals surface area (Å²) in [5, 5.41) is 3.32. The summed E-state index contributed by atoms with van der Waals surface area (Å²) < 4.78 is 6.09. The van der Waals surface area contributed by atoms with Gasteiger partial charge >= 0.3 is 0 Å². The molecule has 3 heteroatoms. The molecule has 14 heavy (non-hydrogen) atoms. The zero-order chi connectivity index (χ0) is 10.4. The molecule has 0 bridgehead atoms. The number of aryl methyl sites for hydroxylation is 1. The summed E-state index contributed by atoms with van der Waals surface area (Å²) >= 11 is 3.47. The molecule has 1 rings (SSSR count). The lowest BCUT2D eigenvalue weighted by Gasteiger charge is -2.07. The average Bonchev–Trinajstić information content (AvgIpc) is 2.18. The topological polar surface area (TPSA) is 21.3 Å². The molecule has 0 aliphatic carbocycles. The van der Waals surface area contributed by atoms with Crippen molar-refractivity contribution in [2.45, 2.75) is 13.5 Å². The van der Waals surface area contributed by atoms with E-state index < -0.39 is 0 Å². The molecule has 0 saturated carbocycles. The molecule has 1 aromatic carbocycles. The Labute approximate surface area is 93.8 Å². The Bertz CT molecular complexity index is 289. The maximum Gasteiger partial charge on any atom is 0.0587 e. The van der Waals surface area contributed by atoms with Crippen LogP contribution in [0.25, 0.3) is 0 Å². The molecule has 0 heterocycles. The van der Waals surface area contributed by atoms with Gasteiger partial charge in [0.1, 0.15) is 0 Å². The second-order valence-corrected chi connectivity index (χ2v) is 4.16. The Morgan fingerprint density at radius 1 is 1.43 bits per heavy atom. The quantitative estimate of drug-likeness (QED) is 0.819. The lowest BCUT2D eigenvalue weighted by molar-refractivity contribution is 0.199. The smallest absolute Gasteiger partial charge is 0.0587 e. The molecule has 0 spiro atoms. The van der Waals surface area contributed by atoms with Crippen LogP contribution >= 0.6 is 15.9 Å². The van der Waals surface area contributed by atoms with Gasteiger partial charge < -0.3 is 10.1 Å². The second-order valence-electron chi connectivity index (χ2n) is 3.24. The molecule has 1 aromatic rings. The van der Waals surface area contributed by atoms with Crippen LogP contribution in [0.5, 0.6) is 0 Å². The van der Waals surface area contributed by atoms with Crippen molar-refractivity contribution >= 4 is 15.9 Å². The SMILES string of the molecule is COCCNCc1cc(Br)ccc1C. The maximum absolute atomic E-state index is 4.96. The van der Waals surface area contributed by atoms with Crippen molar-refractivity contribution in [2.75, 3.05) is 20.3 Å². The molecule has 0 aliphatic rings. The first-order valence-electron chi connectivity index (χ1n) is 4.68. The number of rotatable bonds is 5. The van der Waals surface area contributed by atoms with Crippen LogP contribution in [0, 0.1) is 6.92 Å². The molecule has 2 nitrogen and oxygen atoms in total. The Morgan fingerprint density at radius 2 is 2.21 bits per heavy atom. The van der Waals surface area contributed by atoms with Gasteiger partial charge in [-0.1, -0.05) is 22.0 Å². The summed E-state index contributed by atoms with van der Waals surface area (Å²) in [7, 11) is 1.71. The predicted octanol–water partition coefficient (Wildman–Crippen LogP) is 2.49. The molecule has 0 fully saturated rings. The summed E-state index contributed by atoms with van der Waals surface area (Å²) in [5.74, 6) is 0. The minimum atomic E-state index is 0.757. The van der Waals surface area contributed by atoms with Crippen LogP contribution in [0.2, 0.25) is 0 Å². The average molecular weight is 258 g/mol. The molecule has 0 radical (unpaired) electrons. The van der Waals surface area contributed by atoms with Gasteiger partial charge in [-0.3, -0.25) is 0 Å². The fourth-order valence-corrected chi connectivity index (χ4v) is 1.64. The number of halogens is 1. The number of nitrogens with one attached hydrogen (secondary N) is 1. The van der Waals surface area contributed by atoms with E-state index in [4.69, 9.17) is 4.74 Å². The van der Waals surface area contributed by atoms with Gasteiger partial charge in [0.15, 0.2) is 0 Å². The van der Waals surface area contributed by atoms with Crippen LogP contribution in [0.4, 0.5) is 0 Å². The van der Waals surface area contributed by atoms with Gasteiger partial charge in [-0.2, -0.15) is 0 Å². The van der Waals surface area contributed by atoms with Gasteiger partial charge in [0.05, 0.1) is 6.61 Å². The fraction of sp³-hybridized carbons (Fsp3) is 0.455. The van der Waals surface area contributed by atoms with Gasteiger partial charge in [0, 0.05) is 24.7 Å². The van der Waals surface area contributed by atoms with E-state index in [1.807, 2.05) is 0 Å². The van der Waals surface area contributed by atoms with Crippen molar-refractivity contribution in [1.82, 2.24) is 5.32 Å². The number of hydrogen-bond acceptors (Lipinski definition) is 2. The van der Waals surface area contributed by atoms with E-state index in [0.717, 1.165) is 24.2 Å². The first-order chi connectivity index (χ1) is 6.74. The molecule has 0 atom stereocenters. The van der Waals surface area contributed by atoms with E-state index in [1.165, 1.54) is 11.1 Å². The predicted molar refractivity (Wildman–Crippen MR) is 62.5 cm³/mol. The van der Waals surface area contributed by atoms with Crippen LogP contribution in [0.3, 0.4) is 0 Å². The van der Waals surface area contributed by atoms with Gasteiger partial charge in [-0.05, 0) is 30.2 Å². The molecular formula is C11H16BrNO. The van der Waals surface area contributed by atoms with Crippen molar-refractivity contribution in [2.24, 2.45) is 0 Å². The lowest BCUT2D eigenvalue weighted by Crippen LogP contribution is -2.19. The number of benzene rings is 1. The molecule has 1 N–H and O–H groups in total. The summed E-state index contributed by atoms with van der Waals surface area (Å²) in [6, 6.07) is 6.33. The van der Waals surface area contributed by atoms with Gasteiger partial charge in [-0.25, -0.2) is 0 Å². The van der Waals surface area contributed by atoms with Crippen molar-refractivity contribution < 1.29 is 4.74 Å². The molecule has 0 amide bonds. The summed E-state index contributed by atoms with van der Waals surface area (Å²) in [6.45, 7) is 4.67. The van der Waals surface area contributed by atoms with Gasteiger partial charge in [0.25, 0.3) is 0 Å². The van der Waals surface area contributed by atoms with E-state index >= 15 is 0 Å². The van der Waals surface area contributed by atoms with E-state index in [2.05, 4.69) is 46.4 Å². The van der Waals surface area contributed by atoms with E-state index in [-0.39, 0.29) is 0 Å². The van der Waals surface area contributed by atoms with Crippen molar-refractivity contribution in [1.29, 1.82) is 0 Å². The minimum Gasteiger partial charge on any atom is -0.383 e. The monoisotopic (exact) mass is 257 g/mol. The summed E-state index contributed by atoms with van der Waals surface area (Å²) in [5.41, 5.74) is 2.65. The molecular weight excluding hydrogens is 242 g/mol. The van der Waals surface area contributed by atoms with Gasteiger partial charge in [-0.15, -0.1) is 0 Å². The number of hydrogen-bond donors (Lipinski definition) is 1. The number of methoxy groups -OCH3 is 1. The minimum absolute atomic E-state index is 0.757. The maximum atomic E-state index is 4.96. The van der Waals surface area contributed by atoms with Crippen molar-refractivity contribution in [3.8, 4) is 0 Å². The molecule has 0 aliphatic heterocycles. The van der Waals surface area contributed by atoms with Crippen molar-refractivity contribution in [3.05, 3.63) is 33.8 Å². The summed E-state index contributed by atoms with van der Waals surface area (Å²) in [6.07, 6.45) is 0. The second kappa shape index (κ2) is 6.17. The van der Waals surface area contributed by atoms with E-state index in [0.29, 0.717) is 0 Å². The van der Waals surface area contributed by atoms with E-state index in [1.54, 1.807) is 7.11 Å². The Kier molecular flexibility index (Phi) is 5.15. The van der Waals surface area contributed by atoms with Crippen LogP contribution in [-0.2, 0) is 11.3 Å². The first kappa shape index (κ1) is 11.7. The third-order valence-electron chi connectivity index (χ3n) is 2.11. The van der Waals surface area contributed by atoms with Crippen molar-refractivity contribution in [3.63, 3.8) is 0 Å². The molecule has 0 saturated heterocycles. The van der Waals surface area contributed by atoms with Crippen LogP contribution in [-0.4, -0.2) is 20.3 Å².